The van der Waals surface area contributed by atoms with Crippen LogP contribution in [0.1, 0.15) is 5.56 Å². The van der Waals surface area contributed by atoms with E-state index in [-0.39, 0.29) is 0 Å². The van der Waals surface area contributed by atoms with E-state index in [0.717, 1.165) is 22.8 Å². The van der Waals surface area contributed by atoms with E-state index in [2.05, 4.69) is 59.8 Å². The molecule has 0 saturated carbocycles. The molecular weight excluding hydrogens is 234 g/mol. The van der Waals surface area contributed by atoms with E-state index >= 15 is 0 Å². The van der Waals surface area contributed by atoms with Crippen molar-refractivity contribution in [3.8, 4) is 16.9 Å². The summed E-state index contributed by atoms with van der Waals surface area (Å²) >= 11 is 0. The lowest BCUT2D eigenvalue weighted by Crippen LogP contribution is -1.99. The van der Waals surface area contributed by atoms with Crippen LogP contribution >= 0.6 is 0 Å². The molecular formula is C16H13N3. The van der Waals surface area contributed by atoms with Crippen LogP contribution in [0.3, 0.4) is 0 Å². The van der Waals surface area contributed by atoms with E-state index in [1.54, 1.807) is 0 Å². The molecule has 3 nitrogen and oxygen atoms in total. The summed E-state index contributed by atoms with van der Waals surface area (Å²) < 4.78 is 2.00. The number of benzene rings is 2. The fourth-order valence-corrected chi connectivity index (χ4v) is 2.58. The second-order valence-electron chi connectivity index (χ2n) is 4.82. The lowest BCUT2D eigenvalue weighted by molar-refractivity contribution is 0.892. The molecule has 0 amide bonds. The molecule has 3 aromatic rings. The minimum Gasteiger partial charge on any atom is -0.353 e. The molecule has 0 fully saturated rings. The average molecular weight is 247 g/mol. The third-order valence-corrected chi connectivity index (χ3v) is 3.50. The molecule has 1 aliphatic rings. The van der Waals surface area contributed by atoms with Crippen molar-refractivity contribution in [3.63, 3.8) is 0 Å². The van der Waals surface area contributed by atoms with Gasteiger partial charge < -0.3 is 5.32 Å². The van der Waals surface area contributed by atoms with Crippen molar-refractivity contribution in [2.75, 3.05) is 5.32 Å². The lowest BCUT2D eigenvalue weighted by atomic mass is 10.1. The highest BCUT2D eigenvalue weighted by Crippen LogP contribution is 2.37. The largest absolute Gasteiger partial charge is 0.353 e. The molecule has 0 spiro atoms. The fourth-order valence-electron chi connectivity index (χ4n) is 2.58. The fraction of sp³-hybridized carbons (Fsp3) is 0.0625. The van der Waals surface area contributed by atoms with Gasteiger partial charge in [0.2, 0.25) is 0 Å². The van der Waals surface area contributed by atoms with Crippen molar-refractivity contribution in [2.45, 2.75) is 6.92 Å². The van der Waals surface area contributed by atoms with E-state index in [9.17, 15) is 0 Å². The zero-order chi connectivity index (χ0) is 12.8. The van der Waals surface area contributed by atoms with Crippen molar-refractivity contribution in [1.29, 1.82) is 0 Å². The Bertz CT molecular complexity index is 771. The number of para-hydroxylation sites is 1. The Hall–Kier alpha value is -2.55. The second kappa shape index (κ2) is 3.72. The van der Waals surface area contributed by atoms with E-state index in [4.69, 9.17) is 0 Å². The number of hydrogen-bond acceptors (Lipinski definition) is 2. The first kappa shape index (κ1) is 10.4. The van der Waals surface area contributed by atoms with Gasteiger partial charge in [0.05, 0.1) is 23.3 Å². The first-order chi connectivity index (χ1) is 9.33. The highest BCUT2D eigenvalue weighted by atomic mass is 15.3. The molecule has 2 aromatic carbocycles. The molecule has 3 heteroatoms. The SMILES string of the molecule is Cc1ccc2c(c1)-n1nccc1-c1ccccc1N2. The summed E-state index contributed by atoms with van der Waals surface area (Å²) in [5, 5.41) is 7.98. The molecule has 1 N–H and O–H groups in total. The molecule has 19 heavy (non-hydrogen) atoms. The van der Waals surface area contributed by atoms with Crippen LogP contribution in [0.2, 0.25) is 0 Å². The summed E-state index contributed by atoms with van der Waals surface area (Å²) in [6.07, 6.45) is 1.85. The van der Waals surface area contributed by atoms with E-state index in [1.165, 1.54) is 11.1 Å². The Labute approximate surface area is 111 Å². The van der Waals surface area contributed by atoms with Gasteiger partial charge in [-0.05, 0) is 36.8 Å². The van der Waals surface area contributed by atoms with E-state index in [1.807, 2.05) is 16.9 Å². The summed E-state index contributed by atoms with van der Waals surface area (Å²) in [5.41, 5.74) is 6.82. The zero-order valence-electron chi connectivity index (χ0n) is 10.6. The minimum atomic E-state index is 1.08. The topological polar surface area (TPSA) is 29.9 Å². The highest BCUT2D eigenvalue weighted by Gasteiger charge is 2.18. The number of rotatable bonds is 0. The van der Waals surface area contributed by atoms with Crippen LogP contribution in [-0.2, 0) is 0 Å². The number of fused-ring (bicyclic) bond motifs is 5. The van der Waals surface area contributed by atoms with Gasteiger partial charge in [-0.3, -0.25) is 0 Å². The van der Waals surface area contributed by atoms with Gasteiger partial charge in [0.1, 0.15) is 0 Å². The standard InChI is InChI=1S/C16H13N3/c1-11-6-7-14-16(10-11)19-15(8-9-17-19)12-4-2-3-5-13(12)18-14/h2-10,18H,1H3. The molecule has 92 valence electrons. The molecule has 1 aromatic heterocycles. The van der Waals surface area contributed by atoms with Gasteiger partial charge in [-0.2, -0.15) is 5.10 Å². The van der Waals surface area contributed by atoms with Gasteiger partial charge in [-0.25, -0.2) is 4.68 Å². The number of aromatic nitrogens is 2. The second-order valence-corrected chi connectivity index (χ2v) is 4.82. The van der Waals surface area contributed by atoms with E-state index in [0.29, 0.717) is 0 Å². The average Bonchev–Trinajstić information content (AvgIpc) is 2.86. The Morgan fingerprint density at radius 2 is 1.89 bits per heavy atom. The third-order valence-electron chi connectivity index (χ3n) is 3.50. The summed E-state index contributed by atoms with van der Waals surface area (Å²) in [6.45, 7) is 2.10. The first-order valence-electron chi connectivity index (χ1n) is 6.34. The van der Waals surface area contributed by atoms with Gasteiger partial charge in [-0.1, -0.05) is 24.3 Å². The number of hydrogen-bond donors (Lipinski definition) is 1. The van der Waals surface area contributed by atoms with Crippen molar-refractivity contribution in [3.05, 3.63) is 60.3 Å². The summed E-state index contributed by atoms with van der Waals surface area (Å²) in [4.78, 5) is 0. The number of nitrogens with one attached hydrogen (secondary N) is 1. The van der Waals surface area contributed by atoms with Crippen LogP contribution in [0.15, 0.2) is 54.7 Å². The van der Waals surface area contributed by atoms with E-state index < -0.39 is 0 Å². The summed E-state index contributed by atoms with van der Waals surface area (Å²) in [7, 11) is 0. The Morgan fingerprint density at radius 3 is 2.84 bits per heavy atom. The maximum Gasteiger partial charge on any atom is 0.0890 e. The van der Waals surface area contributed by atoms with Crippen LogP contribution in [0.4, 0.5) is 11.4 Å². The quantitative estimate of drug-likeness (QED) is 0.510. The van der Waals surface area contributed by atoms with Crippen molar-refractivity contribution >= 4 is 11.4 Å². The molecule has 1 aliphatic heterocycles. The van der Waals surface area contributed by atoms with Crippen molar-refractivity contribution in [1.82, 2.24) is 9.78 Å². The van der Waals surface area contributed by atoms with Crippen LogP contribution < -0.4 is 5.32 Å². The Balaban J connectivity index is 2.10. The van der Waals surface area contributed by atoms with Crippen LogP contribution in [0.5, 0.6) is 0 Å². The predicted octanol–water partition coefficient (Wildman–Crippen LogP) is 3.90. The van der Waals surface area contributed by atoms with Crippen LogP contribution in [0.25, 0.3) is 16.9 Å². The Kier molecular flexibility index (Phi) is 2.03. The molecule has 0 aliphatic carbocycles. The molecule has 0 atom stereocenters. The summed E-state index contributed by atoms with van der Waals surface area (Å²) in [5.74, 6) is 0. The smallest absolute Gasteiger partial charge is 0.0890 e. The van der Waals surface area contributed by atoms with Crippen molar-refractivity contribution in [2.24, 2.45) is 0 Å². The third kappa shape index (κ3) is 1.48. The monoisotopic (exact) mass is 247 g/mol. The van der Waals surface area contributed by atoms with Gasteiger partial charge in [0.25, 0.3) is 0 Å². The highest BCUT2D eigenvalue weighted by molar-refractivity contribution is 5.85. The maximum atomic E-state index is 4.47. The predicted molar refractivity (Wildman–Crippen MR) is 77.0 cm³/mol. The number of anilines is 2. The van der Waals surface area contributed by atoms with Crippen LogP contribution in [0, 0.1) is 6.92 Å². The minimum absolute atomic E-state index is 1.08. The zero-order valence-corrected chi connectivity index (χ0v) is 10.6. The maximum absolute atomic E-state index is 4.47. The Morgan fingerprint density at radius 1 is 1.00 bits per heavy atom. The van der Waals surface area contributed by atoms with Gasteiger partial charge in [-0.15, -0.1) is 0 Å². The molecule has 0 bridgehead atoms. The molecule has 2 heterocycles. The number of aryl methyl sites for hydroxylation is 1. The lowest BCUT2D eigenvalue weighted by Gasteiger charge is -2.10. The van der Waals surface area contributed by atoms with Crippen LogP contribution in [-0.4, -0.2) is 9.78 Å². The van der Waals surface area contributed by atoms with Crippen molar-refractivity contribution < 1.29 is 0 Å². The van der Waals surface area contributed by atoms with Gasteiger partial charge >= 0.3 is 0 Å². The first-order valence-corrected chi connectivity index (χ1v) is 6.34. The molecule has 0 unspecified atom stereocenters. The van der Waals surface area contributed by atoms with Gasteiger partial charge in [0, 0.05) is 11.3 Å². The molecule has 0 saturated heterocycles. The molecule has 0 radical (unpaired) electrons. The van der Waals surface area contributed by atoms with Gasteiger partial charge in [0.15, 0.2) is 0 Å². The number of nitrogens with zero attached hydrogens (tertiary/aromatic N) is 2. The molecule has 4 rings (SSSR count). The summed E-state index contributed by atoms with van der Waals surface area (Å²) in [6, 6.07) is 16.8. The normalized spacial score (nSPS) is 11.8.